The van der Waals surface area contributed by atoms with Gasteiger partial charge < -0.3 is 4.90 Å². The van der Waals surface area contributed by atoms with Gasteiger partial charge in [-0.2, -0.15) is 0 Å². The van der Waals surface area contributed by atoms with Gasteiger partial charge in [-0.1, -0.05) is 35.1 Å². The Labute approximate surface area is 171 Å². The van der Waals surface area contributed by atoms with E-state index in [-0.39, 0.29) is 40.1 Å². The van der Waals surface area contributed by atoms with E-state index in [4.69, 9.17) is 0 Å². The number of rotatable bonds is 2. The maximum absolute atomic E-state index is 4.61. The summed E-state index contributed by atoms with van der Waals surface area (Å²) in [6.45, 7) is 17.0. The Bertz CT molecular complexity index is 406. The fourth-order valence-corrected chi connectivity index (χ4v) is 2.84. The first-order chi connectivity index (χ1) is 10.1. The molecule has 0 aromatic rings. The molecule has 3 heteroatoms. The van der Waals surface area contributed by atoms with Gasteiger partial charge in [-0.05, 0) is 63.2 Å². The van der Waals surface area contributed by atoms with Crippen LogP contribution < -0.4 is 0 Å². The van der Waals surface area contributed by atoms with E-state index in [1.54, 1.807) is 0 Å². The van der Waals surface area contributed by atoms with Crippen LogP contribution in [0.1, 0.15) is 81.6 Å². The van der Waals surface area contributed by atoms with Crippen molar-refractivity contribution >= 4 is 5.71 Å². The van der Waals surface area contributed by atoms with Gasteiger partial charge in [-0.3, -0.25) is 4.99 Å². The van der Waals surface area contributed by atoms with Crippen LogP contribution in [0.4, 0.5) is 0 Å². The molecule has 0 N–H and O–H groups in total. The fraction of sp³-hybridized carbons (Fsp3) is 0.750. The average Bonchev–Trinajstić information content (AvgIpc) is 3.20. The zero-order valence-corrected chi connectivity index (χ0v) is 19.1. The summed E-state index contributed by atoms with van der Waals surface area (Å²) in [5, 5.41) is 0. The number of hydrogen-bond donors (Lipinski definition) is 0. The topological polar surface area (TPSA) is 15.6 Å². The normalized spacial score (nSPS) is 19.0. The van der Waals surface area contributed by atoms with Crippen LogP contribution in [0.3, 0.4) is 0 Å². The van der Waals surface area contributed by atoms with Crippen molar-refractivity contribution in [2.24, 2.45) is 4.99 Å². The smallest absolute Gasteiger partial charge is 0.0396 e. The Morgan fingerprint density at radius 2 is 1.52 bits per heavy atom. The van der Waals surface area contributed by atoms with Crippen molar-refractivity contribution in [1.29, 1.82) is 0 Å². The maximum Gasteiger partial charge on any atom is 0.0396 e. The quantitative estimate of drug-likeness (QED) is 0.538. The molecule has 2 rings (SSSR count). The van der Waals surface area contributed by atoms with E-state index in [1.165, 1.54) is 60.4 Å². The minimum atomic E-state index is 0. The van der Waals surface area contributed by atoms with E-state index < -0.39 is 0 Å². The number of hydrogen-bond acceptors (Lipinski definition) is 2. The number of likely N-dealkylation sites (tertiary alicyclic amines) is 1. The predicted molar refractivity (Wildman–Crippen MR) is 104 cm³/mol. The van der Waals surface area contributed by atoms with E-state index >= 15 is 0 Å². The number of aliphatic imine (C=N–C) groups is 1. The molecule has 0 unspecified atom stereocenters. The van der Waals surface area contributed by atoms with Gasteiger partial charge in [0.05, 0.1) is 0 Å². The van der Waals surface area contributed by atoms with E-state index in [0.717, 1.165) is 6.54 Å². The fourth-order valence-electron chi connectivity index (χ4n) is 2.84. The largest absolute Gasteiger partial charge is 0.378 e. The summed E-state index contributed by atoms with van der Waals surface area (Å²) in [5.74, 6) is 0. The van der Waals surface area contributed by atoms with Crippen LogP contribution >= 0.6 is 0 Å². The molecular formula is C20H40N2Y. The van der Waals surface area contributed by atoms with Crippen LogP contribution in [0.5, 0.6) is 0 Å². The van der Waals surface area contributed by atoms with E-state index in [0.29, 0.717) is 0 Å². The second-order valence-corrected chi connectivity index (χ2v) is 5.28. The average molecular weight is 397 g/mol. The van der Waals surface area contributed by atoms with Crippen molar-refractivity contribution < 1.29 is 32.7 Å². The number of nitrogens with zero attached hydrogens (tertiary/aromatic N) is 2. The van der Waals surface area contributed by atoms with Gasteiger partial charge in [0.15, 0.2) is 0 Å². The minimum absolute atomic E-state index is 0. The predicted octanol–water partition coefficient (Wildman–Crippen LogP) is 6.24. The molecule has 0 spiro atoms. The van der Waals surface area contributed by atoms with Crippen molar-refractivity contribution in [3.05, 3.63) is 22.4 Å². The molecule has 1 saturated heterocycles. The summed E-state index contributed by atoms with van der Waals surface area (Å²) < 4.78 is 0. The Hall–Kier alpha value is 0.0539. The Kier molecular flexibility index (Phi) is 18.9. The van der Waals surface area contributed by atoms with Gasteiger partial charge in [-0.15, -0.1) is 0 Å². The standard InChI is InChI=1S/C15H24N2.2C2H6.CH4.Y/c1-11(12(2)14-7-5-9-16-14)13(3)15-8-6-10-17(15)4;2*1-2;;/h5-10H2,1-4H3;2*1-2H3;1H4;/b12-11+,15-13+;;;;. The van der Waals surface area contributed by atoms with Gasteiger partial charge >= 0.3 is 0 Å². The maximum atomic E-state index is 4.61. The summed E-state index contributed by atoms with van der Waals surface area (Å²) in [6, 6.07) is 0. The summed E-state index contributed by atoms with van der Waals surface area (Å²) in [5.41, 5.74) is 7.18. The van der Waals surface area contributed by atoms with Gasteiger partial charge in [-0.25, -0.2) is 0 Å². The second kappa shape index (κ2) is 15.6. The molecule has 2 nitrogen and oxygen atoms in total. The van der Waals surface area contributed by atoms with Crippen molar-refractivity contribution in [3.63, 3.8) is 0 Å². The third-order valence-corrected chi connectivity index (χ3v) is 4.23. The van der Waals surface area contributed by atoms with Crippen LogP contribution in [0.2, 0.25) is 0 Å². The molecule has 2 heterocycles. The minimum Gasteiger partial charge on any atom is -0.378 e. The zero-order chi connectivity index (χ0) is 16.4. The van der Waals surface area contributed by atoms with Crippen LogP contribution in [0, 0.1) is 0 Å². The van der Waals surface area contributed by atoms with Crippen molar-refractivity contribution in [3.8, 4) is 0 Å². The molecule has 2 aliphatic rings. The third-order valence-electron chi connectivity index (χ3n) is 4.23. The molecule has 0 aromatic heterocycles. The molecule has 0 aliphatic carbocycles. The van der Waals surface area contributed by atoms with Crippen LogP contribution in [-0.2, 0) is 32.7 Å². The first kappa shape index (κ1) is 27.9. The monoisotopic (exact) mass is 397 g/mol. The zero-order valence-electron chi connectivity index (χ0n) is 16.2. The molecule has 23 heavy (non-hydrogen) atoms. The first-order valence-electron chi connectivity index (χ1n) is 8.73. The second-order valence-electron chi connectivity index (χ2n) is 5.28. The summed E-state index contributed by atoms with van der Waals surface area (Å²) in [4.78, 5) is 7.01. The molecule has 0 bridgehead atoms. The van der Waals surface area contributed by atoms with Crippen LogP contribution in [0.25, 0.3) is 0 Å². The molecule has 0 saturated carbocycles. The molecule has 1 fully saturated rings. The van der Waals surface area contributed by atoms with E-state index in [9.17, 15) is 0 Å². The van der Waals surface area contributed by atoms with Crippen LogP contribution in [0.15, 0.2) is 27.4 Å². The van der Waals surface area contributed by atoms with Crippen molar-refractivity contribution in [2.75, 3.05) is 20.1 Å². The summed E-state index contributed by atoms with van der Waals surface area (Å²) in [7, 11) is 2.21. The Balaban J connectivity index is -0.000000619. The van der Waals surface area contributed by atoms with Gasteiger partial charge in [0.1, 0.15) is 0 Å². The molecule has 0 aromatic carbocycles. The Morgan fingerprint density at radius 3 is 1.91 bits per heavy atom. The first-order valence-corrected chi connectivity index (χ1v) is 8.73. The molecule has 0 amide bonds. The van der Waals surface area contributed by atoms with Crippen molar-refractivity contribution in [2.45, 2.75) is 81.6 Å². The van der Waals surface area contributed by atoms with Crippen molar-refractivity contribution in [1.82, 2.24) is 4.90 Å². The molecule has 1 radical (unpaired) electrons. The molecule has 2 aliphatic heterocycles. The third kappa shape index (κ3) is 8.12. The van der Waals surface area contributed by atoms with Gasteiger partial charge in [0.2, 0.25) is 0 Å². The summed E-state index contributed by atoms with van der Waals surface area (Å²) in [6.07, 6.45) is 4.94. The van der Waals surface area contributed by atoms with E-state index in [1.807, 2.05) is 27.7 Å². The molecular weight excluding hydrogens is 357 g/mol. The molecule has 133 valence electrons. The van der Waals surface area contributed by atoms with Crippen LogP contribution in [-0.4, -0.2) is 30.7 Å². The molecule has 0 atom stereocenters. The van der Waals surface area contributed by atoms with Gasteiger partial charge in [0, 0.05) is 64.3 Å². The van der Waals surface area contributed by atoms with Gasteiger partial charge in [0.25, 0.3) is 0 Å². The van der Waals surface area contributed by atoms with E-state index in [2.05, 4.69) is 37.7 Å². The SMILES string of the molecule is C.C/C(C1=NCCC1)=C(C)\C(C)=C1/CCCN1C.CC.CC.[Y]. The summed E-state index contributed by atoms with van der Waals surface area (Å²) >= 11 is 0. The number of allylic oxidation sites excluding steroid dienone is 4. The Morgan fingerprint density at radius 1 is 0.957 bits per heavy atom.